The van der Waals surface area contributed by atoms with Crippen LogP contribution in [0.15, 0.2) is 35.9 Å². The van der Waals surface area contributed by atoms with E-state index in [0.29, 0.717) is 22.9 Å². The van der Waals surface area contributed by atoms with Crippen molar-refractivity contribution in [2.75, 3.05) is 4.90 Å². The molecular weight excluding hydrogens is 252 g/mol. The minimum Gasteiger partial charge on any atom is -0.478 e. The van der Waals surface area contributed by atoms with Crippen molar-refractivity contribution in [1.82, 2.24) is 15.0 Å². The number of hydrogen-bond acceptors (Lipinski definition) is 6. The summed E-state index contributed by atoms with van der Waals surface area (Å²) in [6, 6.07) is 0. The third kappa shape index (κ3) is 1.74. The van der Waals surface area contributed by atoms with E-state index >= 15 is 0 Å². The Labute approximate surface area is 106 Å². The molecule has 3 rings (SSSR count). The van der Waals surface area contributed by atoms with Crippen LogP contribution in [0, 0.1) is 0 Å². The summed E-state index contributed by atoms with van der Waals surface area (Å²) in [6.07, 6.45) is 6.64. The van der Waals surface area contributed by atoms with Gasteiger partial charge in [0.2, 0.25) is 0 Å². The predicted molar refractivity (Wildman–Crippen MR) is 65.7 cm³/mol. The standard InChI is InChI=1S/C11H8N4O2S/c16-10(17)8-3-7-4-12-6-14-9(7)15(5-8)11-13-1-2-18-11/h1-2,4-6H,3H2,(H,16,17). The highest BCUT2D eigenvalue weighted by Crippen LogP contribution is 2.33. The predicted octanol–water partition coefficient (Wildman–Crippen LogP) is 1.60. The van der Waals surface area contributed by atoms with Crippen molar-refractivity contribution >= 4 is 28.3 Å². The molecule has 2 aromatic rings. The van der Waals surface area contributed by atoms with E-state index in [9.17, 15) is 4.79 Å². The highest BCUT2D eigenvalue weighted by atomic mass is 32.1. The summed E-state index contributed by atoms with van der Waals surface area (Å²) in [5.41, 5.74) is 1.08. The van der Waals surface area contributed by atoms with E-state index < -0.39 is 5.97 Å². The first kappa shape index (κ1) is 10.8. The first-order valence-electron chi connectivity index (χ1n) is 5.17. The lowest BCUT2D eigenvalue weighted by atomic mass is 10.0. The molecule has 6 nitrogen and oxygen atoms in total. The molecule has 0 atom stereocenters. The quantitative estimate of drug-likeness (QED) is 0.883. The Morgan fingerprint density at radius 1 is 1.44 bits per heavy atom. The first-order valence-corrected chi connectivity index (χ1v) is 6.05. The minimum absolute atomic E-state index is 0.299. The van der Waals surface area contributed by atoms with Crippen LogP contribution in [0.3, 0.4) is 0 Å². The third-order valence-corrected chi connectivity index (χ3v) is 3.33. The normalized spacial score (nSPS) is 14.0. The number of nitrogens with zero attached hydrogens (tertiary/aromatic N) is 4. The third-order valence-electron chi connectivity index (χ3n) is 2.56. The molecule has 7 heteroatoms. The van der Waals surface area contributed by atoms with E-state index in [1.807, 2.05) is 5.38 Å². The molecular formula is C11H8N4O2S. The number of aromatic nitrogens is 3. The molecule has 0 saturated heterocycles. The molecule has 0 aliphatic carbocycles. The van der Waals surface area contributed by atoms with E-state index in [1.165, 1.54) is 17.7 Å². The van der Waals surface area contributed by atoms with Crippen molar-refractivity contribution in [3.05, 3.63) is 41.4 Å². The van der Waals surface area contributed by atoms with Crippen LogP contribution in [0.5, 0.6) is 0 Å². The Hall–Kier alpha value is -2.28. The van der Waals surface area contributed by atoms with Gasteiger partial charge < -0.3 is 5.11 Å². The second-order valence-electron chi connectivity index (χ2n) is 3.69. The van der Waals surface area contributed by atoms with Gasteiger partial charge in [-0.25, -0.2) is 19.7 Å². The largest absolute Gasteiger partial charge is 0.478 e. The van der Waals surface area contributed by atoms with Crippen molar-refractivity contribution in [3.8, 4) is 0 Å². The number of carbonyl (C=O) groups is 1. The number of rotatable bonds is 2. The fourth-order valence-corrected chi connectivity index (χ4v) is 2.39. The van der Waals surface area contributed by atoms with Gasteiger partial charge in [-0.2, -0.15) is 0 Å². The molecule has 90 valence electrons. The molecule has 1 N–H and O–H groups in total. The van der Waals surface area contributed by atoms with Gasteiger partial charge in [-0.3, -0.25) is 4.90 Å². The van der Waals surface area contributed by atoms with E-state index in [4.69, 9.17) is 5.11 Å². The van der Waals surface area contributed by atoms with Crippen LogP contribution in [0.4, 0.5) is 10.9 Å². The average molecular weight is 260 g/mol. The smallest absolute Gasteiger partial charge is 0.333 e. The number of thiazole rings is 1. The number of aliphatic carboxylic acids is 1. The van der Waals surface area contributed by atoms with Crippen molar-refractivity contribution in [2.45, 2.75) is 6.42 Å². The molecule has 0 saturated carbocycles. The Balaban J connectivity index is 2.13. The Morgan fingerprint density at radius 3 is 3.06 bits per heavy atom. The summed E-state index contributed by atoms with van der Waals surface area (Å²) in [5, 5.41) is 11.6. The van der Waals surface area contributed by atoms with Gasteiger partial charge in [0.15, 0.2) is 5.13 Å². The monoisotopic (exact) mass is 260 g/mol. The van der Waals surface area contributed by atoms with Gasteiger partial charge in [0, 0.05) is 36.0 Å². The van der Waals surface area contributed by atoms with Crippen LogP contribution in [0.1, 0.15) is 5.56 Å². The Bertz CT molecular complexity index is 624. The zero-order chi connectivity index (χ0) is 12.5. The fourth-order valence-electron chi connectivity index (χ4n) is 1.77. The van der Waals surface area contributed by atoms with Crippen LogP contribution in [0.25, 0.3) is 0 Å². The van der Waals surface area contributed by atoms with Gasteiger partial charge in [-0.15, -0.1) is 11.3 Å². The second kappa shape index (κ2) is 4.19. The molecule has 18 heavy (non-hydrogen) atoms. The van der Waals surface area contributed by atoms with Gasteiger partial charge in [0.05, 0.1) is 5.57 Å². The SMILES string of the molecule is O=C(O)C1=CN(c2nccs2)c2ncncc2C1. The zero-order valence-electron chi connectivity index (χ0n) is 9.15. The fraction of sp³-hybridized carbons (Fsp3) is 0.0909. The van der Waals surface area contributed by atoms with Crippen molar-refractivity contribution in [1.29, 1.82) is 0 Å². The van der Waals surface area contributed by atoms with Crippen LogP contribution < -0.4 is 4.90 Å². The van der Waals surface area contributed by atoms with Gasteiger partial charge in [0.25, 0.3) is 0 Å². The van der Waals surface area contributed by atoms with Crippen LogP contribution >= 0.6 is 11.3 Å². The molecule has 0 bridgehead atoms. The lowest BCUT2D eigenvalue weighted by Crippen LogP contribution is -2.21. The number of carboxylic acid groups (broad SMARTS) is 1. The van der Waals surface area contributed by atoms with E-state index in [1.54, 1.807) is 23.5 Å². The molecule has 0 spiro atoms. The molecule has 0 unspecified atom stereocenters. The van der Waals surface area contributed by atoms with Crippen LogP contribution in [-0.2, 0) is 11.2 Å². The van der Waals surface area contributed by atoms with Crippen molar-refractivity contribution < 1.29 is 9.90 Å². The topological polar surface area (TPSA) is 79.2 Å². The summed E-state index contributed by atoms with van der Waals surface area (Å²) < 4.78 is 0. The van der Waals surface area contributed by atoms with E-state index in [2.05, 4.69) is 15.0 Å². The summed E-state index contributed by atoms with van der Waals surface area (Å²) >= 11 is 1.42. The van der Waals surface area contributed by atoms with Gasteiger partial charge in [-0.05, 0) is 0 Å². The van der Waals surface area contributed by atoms with Gasteiger partial charge in [-0.1, -0.05) is 0 Å². The zero-order valence-corrected chi connectivity index (χ0v) is 9.96. The highest BCUT2D eigenvalue weighted by molar-refractivity contribution is 7.13. The lowest BCUT2D eigenvalue weighted by Gasteiger charge is -2.24. The van der Waals surface area contributed by atoms with Crippen LogP contribution in [0.2, 0.25) is 0 Å². The minimum atomic E-state index is -0.939. The molecule has 3 heterocycles. The molecule has 0 radical (unpaired) electrons. The highest BCUT2D eigenvalue weighted by Gasteiger charge is 2.24. The maximum Gasteiger partial charge on any atom is 0.333 e. The number of hydrogen-bond donors (Lipinski definition) is 1. The maximum atomic E-state index is 11.1. The van der Waals surface area contributed by atoms with Crippen molar-refractivity contribution in [2.24, 2.45) is 0 Å². The maximum absolute atomic E-state index is 11.1. The second-order valence-corrected chi connectivity index (χ2v) is 4.57. The Kier molecular flexibility index (Phi) is 2.52. The van der Waals surface area contributed by atoms with Crippen molar-refractivity contribution in [3.63, 3.8) is 0 Å². The molecule has 1 aliphatic heterocycles. The molecule has 0 aromatic carbocycles. The molecule has 1 aliphatic rings. The number of carboxylic acids is 1. The number of fused-ring (bicyclic) bond motifs is 1. The average Bonchev–Trinajstić information content (AvgIpc) is 2.91. The Morgan fingerprint density at radius 2 is 2.33 bits per heavy atom. The lowest BCUT2D eigenvalue weighted by molar-refractivity contribution is -0.132. The molecule has 0 fully saturated rings. The summed E-state index contributed by atoms with van der Waals surface area (Å²) in [5.74, 6) is -0.254. The number of anilines is 2. The summed E-state index contributed by atoms with van der Waals surface area (Å²) in [7, 11) is 0. The first-order chi connectivity index (χ1) is 8.75. The summed E-state index contributed by atoms with van der Waals surface area (Å²) in [4.78, 5) is 25.1. The van der Waals surface area contributed by atoms with E-state index in [0.717, 1.165) is 5.56 Å². The van der Waals surface area contributed by atoms with Gasteiger partial charge >= 0.3 is 5.97 Å². The van der Waals surface area contributed by atoms with E-state index in [-0.39, 0.29) is 0 Å². The molecule has 0 amide bonds. The van der Waals surface area contributed by atoms with Crippen LogP contribution in [-0.4, -0.2) is 26.0 Å². The van der Waals surface area contributed by atoms with Gasteiger partial charge in [0.1, 0.15) is 12.1 Å². The summed E-state index contributed by atoms with van der Waals surface area (Å²) in [6.45, 7) is 0. The molecule has 2 aromatic heterocycles.